The second-order valence-electron chi connectivity index (χ2n) is 10.0. The normalized spacial score (nSPS) is 19.9. The van der Waals surface area contributed by atoms with Crippen LogP contribution in [0.4, 0.5) is 5.00 Å². The van der Waals surface area contributed by atoms with E-state index in [1.165, 1.54) is 9.88 Å². The molecule has 0 bridgehead atoms. The Morgan fingerprint density at radius 3 is 2.60 bits per heavy atom. The van der Waals surface area contributed by atoms with Gasteiger partial charge in [-0.3, -0.25) is 4.79 Å². The highest BCUT2D eigenvalue weighted by atomic mass is 32.1. The number of aryl methyl sites for hydroxylation is 2. The van der Waals surface area contributed by atoms with E-state index in [1.54, 1.807) is 7.11 Å². The largest absolute Gasteiger partial charge is 0.481 e. The minimum Gasteiger partial charge on any atom is -0.481 e. The summed E-state index contributed by atoms with van der Waals surface area (Å²) in [7, 11) is 1.65. The lowest BCUT2D eigenvalue weighted by atomic mass is 9.89. The van der Waals surface area contributed by atoms with E-state index in [-0.39, 0.29) is 11.7 Å². The Morgan fingerprint density at radius 1 is 1.23 bits per heavy atom. The number of nitrogens with zero attached hydrogens (tertiary/aromatic N) is 3. The number of hydrogen-bond acceptors (Lipinski definition) is 7. The first-order valence-electron chi connectivity index (χ1n) is 12.8. The number of thiophene rings is 1. The quantitative estimate of drug-likeness (QED) is 0.570. The molecule has 1 aliphatic carbocycles. The topological polar surface area (TPSA) is 64.1 Å². The van der Waals surface area contributed by atoms with Crippen molar-refractivity contribution in [1.29, 1.82) is 0 Å². The zero-order valence-corrected chi connectivity index (χ0v) is 22.4. The highest BCUT2D eigenvalue weighted by molar-refractivity contribution is 7.16. The first-order valence-corrected chi connectivity index (χ1v) is 13.6. The predicted molar refractivity (Wildman–Crippen MR) is 138 cm³/mol. The highest BCUT2D eigenvalue weighted by Crippen LogP contribution is 2.43. The van der Waals surface area contributed by atoms with Gasteiger partial charge < -0.3 is 24.0 Å². The summed E-state index contributed by atoms with van der Waals surface area (Å²) in [5, 5.41) is 1.26. The number of fused-ring (bicyclic) bond motifs is 1. The molecule has 5 rings (SSSR count). The zero-order chi connectivity index (χ0) is 24.7. The maximum absolute atomic E-state index is 13.7. The Hall–Kier alpha value is -2.16. The number of carbonyl (C=O) groups excluding carboxylic acids is 1. The Balaban J connectivity index is 1.36. The average Bonchev–Trinajstić information content (AvgIpc) is 3.43. The van der Waals surface area contributed by atoms with E-state index < -0.39 is 0 Å². The summed E-state index contributed by atoms with van der Waals surface area (Å²) in [6, 6.07) is 2.51. The Bertz CT molecular complexity index is 1100. The van der Waals surface area contributed by atoms with Gasteiger partial charge in [-0.25, -0.2) is 4.98 Å². The van der Waals surface area contributed by atoms with Gasteiger partial charge in [0.15, 0.2) is 5.79 Å². The third kappa shape index (κ3) is 4.45. The van der Waals surface area contributed by atoms with Crippen molar-refractivity contribution in [2.24, 2.45) is 0 Å². The second kappa shape index (κ2) is 9.71. The van der Waals surface area contributed by atoms with Crippen LogP contribution in [0.2, 0.25) is 0 Å². The fourth-order valence-corrected chi connectivity index (χ4v) is 7.45. The molecule has 0 unspecified atom stereocenters. The summed E-state index contributed by atoms with van der Waals surface area (Å²) >= 11 is 1.82. The van der Waals surface area contributed by atoms with Crippen molar-refractivity contribution in [2.75, 3.05) is 38.3 Å². The van der Waals surface area contributed by atoms with Gasteiger partial charge in [0.2, 0.25) is 5.88 Å². The molecule has 8 heteroatoms. The number of amides is 1. The number of hydrogen-bond donors (Lipinski definition) is 0. The van der Waals surface area contributed by atoms with E-state index in [2.05, 4.69) is 36.7 Å². The molecule has 1 amide bonds. The lowest BCUT2D eigenvalue weighted by Gasteiger charge is -2.41. The number of methoxy groups -OCH3 is 1. The molecule has 0 N–H and O–H groups in total. The Labute approximate surface area is 212 Å². The van der Waals surface area contributed by atoms with Crippen molar-refractivity contribution in [2.45, 2.75) is 78.2 Å². The summed E-state index contributed by atoms with van der Waals surface area (Å²) < 4.78 is 17.4. The van der Waals surface area contributed by atoms with Crippen LogP contribution in [-0.4, -0.2) is 61.0 Å². The summed E-state index contributed by atoms with van der Waals surface area (Å²) in [6.07, 6.45) is 4.87. The lowest BCUT2D eigenvalue weighted by molar-refractivity contribution is -0.178. The number of anilines is 1. The van der Waals surface area contributed by atoms with E-state index >= 15 is 0 Å². The molecular weight excluding hydrogens is 462 g/mol. The molecule has 2 aromatic heterocycles. The molecule has 35 heavy (non-hydrogen) atoms. The van der Waals surface area contributed by atoms with Crippen LogP contribution in [0.3, 0.4) is 0 Å². The molecule has 1 spiro atoms. The SMILES string of the molecule is CCN(c1sc2c(c1C)C(=O)N(Cc1c(C)cc(C)nc1OC)CC2)C1CCC2(CC1)OCCO2. The Kier molecular flexibility index (Phi) is 6.81. The van der Waals surface area contributed by atoms with Crippen molar-refractivity contribution in [3.63, 3.8) is 0 Å². The fraction of sp³-hybridized carbons (Fsp3) is 0.630. The number of pyridine rings is 1. The highest BCUT2D eigenvalue weighted by Gasteiger charge is 2.42. The van der Waals surface area contributed by atoms with Crippen molar-refractivity contribution in [1.82, 2.24) is 9.88 Å². The number of aromatic nitrogens is 1. The maximum atomic E-state index is 13.7. The smallest absolute Gasteiger partial charge is 0.255 e. The molecule has 1 saturated heterocycles. The molecule has 2 fully saturated rings. The van der Waals surface area contributed by atoms with Gasteiger partial charge in [0.05, 0.1) is 37.4 Å². The zero-order valence-electron chi connectivity index (χ0n) is 21.6. The van der Waals surface area contributed by atoms with Crippen LogP contribution in [0, 0.1) is 20.8 Å². The Morgan fingerprint density at radius 2 is 1.94 bits per heavy atom. The molecule has 7 nitrogen and oxygen atoms in total. The predicted octanol–water partition coefficient (Wildman–Crippen LogP) is 4.79. The van der Waals surface area contributed by atoms with Crippen LogP contribution in [-0.2, 0) is 22.4 Å². The summed E-state index contributed by atoms with van der Waals surface area (Å²) in [6.45, 7) is 12.0. The summed E-state index contributed by atoms with van der Waals surface area (Å²) in [4.78, 5) is 24.0. The van der Waals surface area contributed by atoms with Gasteiger partial charge in [0, 0.05) is 54.5 Å². The van der Waals surface area contributed by atoms with Gasteiger partial charge in [0.1, 0.15) is 0 Å². The fourth-order valence-electron chi connectivity index (χ4n) is 6.03. The van der Waals surface area contributed by atoms with E-state index in [0.29, 0.717) is 38.2 Å². The van der Waals surface area contributed by atoms with Gasteiger partial charge in [-0.15, -0.1) is 11.3 Å². The molecule has 2 aromatic rings. The number of ether oxygens (including phenoxy) is 3. The van der Waals surface area contributed by atoms with Crippen molar-refractivity contribution < 1.29 is 19.0 Å². The van der Waals surface area contributed by atoms with Crippen molar-refractivity contribution >= 4 is 22.2 Å². The van der Waals surface area contributed by atoms with Gasteiger partial charge in [-0.2, -0.15) is 0 Å². The van der Waals surface area contributed by atoms with Crippen molar-refractivity contribution in [3.8, 4) is 5.88 Å². The molecular formula is C27H37N3O4S. The summed E-state index contributed by atoms with van der Waals surface area (Å²) in [5.74, 6) is 0.395. The molecule has 0 radical (unpaired) electrons. The third-order valence-corrected chi connectivity index (χ3v) is 9.25. The van der Waals surface area contributed by atoms with Crippen molar-refractivity contribution in [3.05, 3.63) is 38.9 Å². The molecule has 0 atom stereocenters. The van der Waals surface area contributed by atoms with Crippen LogP contribution in [0.1, 0.15) is 70.2 Å². The molecule has 0 aromatic carbocycles. The van der Waals surface area contributed by atoms with E-state index in [0.717, 1.165) is 66.6 Å². The molecule has 2 aliphatic heterocycles. The standard InChI is InChI=1S/C27H37N3O4S/c1-6-30(20-7-10-27(11-8-20)33-13-14-34-27)26-19(4)23-22(35-26)9-12-29(25(23)31)16-21-17(2)15-18(3)28-24(21)32-5/h15,20H,6-14,16H2,1-5H3. The molecule has 4 heterocycles. The second-order valence-corrected chi connectivity index (χ2v) is 11.1. The van der Waals surface area contributed by atoms with Crippen LogP contribution in [0.5, 0.6) is 5.88 Å². The lowest BCUT2D eigenvalue weighted by Crippen LogP contribution is -2.44. The van der Waals surface area contributed by atoms with E-state index in [9.17, 15) is 4.79 Å². The third-order valence-electron chi connectivity index (χ3n) is 7.86. The van der Waals surface area contributed by atoms with Gasteiger partial charge in [0.25, 0.3) is 5.91 Å². The number of rotatable bonds is 6. The maximum Gasteiger partial charge on any atom is 0.255 e. The number of carbonyl (C=O) groups is 1. The first-order chi connectivity index (χ1) is 16.9. The van der Waals surface area contributed by atoms with Gasteiger partial charge in [-0.05, 0) is 57.7 Å². The molecule has 3 aliphatic rings. The average molecular weight is 500 g/mol. The van der Waals surface area contributed by atoms with Crippen LogP contribution in [0.15, 0.2) is 6.07 Å². The first kappa shape index (κ1) is 24.5. The van der Waals surface area contributed by atoms with E-state index in [1.807, 2.05) is 23.2 Å². The summed E-state index contributed by atoms with van der Waals surface area (Å²) in [5.41, 5.74) is 5.05. The van der Waals surface area contributed by atoms with Crippen LogP contribution >= 0.6 is 11.3 Å². The van der Waals surface area contributed by atoms with Crippen LogP contribution in [0.25, 0.3) is 0 Å². The van der Waals surface area contributed by atoms with E-state index in [4.69, 9.17) is 14.2 Å². The molecule has 190 valence electrons. The minimum atomic E-state index is -0.347. The molecule has 1 saturated carbocycles. The minimum absolute atomic E-state index is 0.125. The monoisotopic (exact) mass is 499 g/mol. The van der Waals surface area contributed by atoms with Gasteiger partial charge in [-0.1, -0.05) is 0 Å². The van der Waals surface area contributed by atoms with Gasteiger partial charge >= 0.3 is 0 Å². The van der Waals surface area contributed by atoms with Crippen LogP contribution < -0.4 is 9.64 Å².